The number of aliphatic hydroxyl groups is 1. The summed E-state index contributed by atoms with van der Waals surface area (Å²) in [6.45, 7) is 2.73. The third-order valence-electron chi connectivity index (χ3n) is 6.03. The average Bonchev–Trinajstić information content (AvgIpc) is 3.03. The summed E-state index contributed by atoms with van der Waals surface area (Å²) in [5, 5.41) is 11.6. The van der Waals surface area contributed by atoms with E-state index in [9.17, 15) is 5.11 Å². The number of imidazole rings is 1. The fourth-order valence-corrected chi connectivity index (χ4v) is 4.82. The first-order valence-electron chi connectivity index (χ1n) is 9.16. The number of ether oxygens (including phenoxy) is 1. The Balaban J connectivity index is 1.56. The van der Waals surface area contributed by atoms with E-state index in [-0.39, 0.29) is 11.8 Å². The zero-order valence-corrected chi connectivity index (χ0v) is 15.1. The van der Waals surface area contributed by atoms with Gasteiger partial charge < -0.3 is 14.4 Å². The van der Waals surface area contributed by atoms with E-state index in [1.165, 1.54) is 12.0 Å². The number of likely N-dealkylation sites (tertiary alicyclic amines) is 1. The first-order chi connectivity index (χ1) is 12.1. The van der Waals surface area contributed by atoms with Gasteiger partial charge in [0.15, 0.2) is 0 Å². The van der Waals surface area contributed by atoms with E-state index < -0.39 is 5.60 Å². The van der Waals surface area contributed by atoms with E-state index >= 15 is 0 Å². The molecule has 2 aromatic rings. The number of methoxy groups -OCH3 is 1. The molecule has 1 saturated heterocycles. The lowest BCUT2D eigenvalue weighted by molar-refractivity contribution is -0.155. The lowest BCUT2D eigenvalue weighted by Gasteiger charge is -2.52. The van der Waals surface area contributed by atoms with Gasteiger partial charge in [0.25, 0.3) is 0 Å². The first-order valence-corrected chi connectivity index (χ1v) is 9.16. The second-order valence-electron chi connectivity index (χ2n) is 7.56. The predicted octanol–water partition coefficient (Wildman–Crippen LogP) is 2.55. The maximum absolute atomic E-state index is 11.6. The molecule has 0 unspecified atom stereocenters. The molecule has 5 heteroatoms. The lowest BCUT2D eigenvalue weighted by atomic mass is 9.65. The van der Waals surface area contributed by atoms with Crippen molar-refractivity contribution < 1.29 is 9.84 Å². The number of nitrogens with zero attached hydrogens (tertiary/aromatic N) is 3. The minimum Gasteiger partial charge on any atom is -0.497 e. The van der Waals surface area contributed by atoms with Crippen LogP contribution >= 0.6 is 0 Å². The van der Waals surface area contributed by atoms with Crippen molar-refractivity contribution in [2.75, 3.05) is 20.2 Å². The van der Waals surface area contributed by atoms with Crippen LogP contribution in [0.3, 0.4) is 0 Å². The fourth-order valence-electron chi connectivity index (χ4n) is 4.82. The van der Waals surface area contributed by atoms with Crippen LogP contribution in [-0.4, -0.2) is 39.8 Å². The minimum absolute atomic E-state index is 0.242. The number of hydrogen-bond donors (Lipinski definition) is 1. The molecular formula is C20H27N3O2. The summed E-state index contributed by atoms with van der Waals surface area (Å²) in [5.41, 5.74) is 0.473. The zero-order valence-electron chi connectivity index (χ0n) is 15.1. The molecule has 1 aliphatic heterocycles. The number of hydrogen-bond acceptors (Lipinski definition) is 4. The quantitative estimate of drug-likeness (QED) is 0.928. The van der Waals surface area contributed by atoms with Crippen LogP contribution in [0.5, 0.6) is 5.75 Å². The van der Waals surface area contributed by atoms with Crippen molar-refractivity contribution in [2.24, 2.45) is 18.9 Å². The normalized spacial score (nSPS) is 29.6. The lowest BCUT2D eigenvalue weighted by Crippen LogP contribution is -2.58. The topological polar surface area (TPSA) is 50.5 Å². The van der Waals surface area contributed by atoms with Crippen LogP contribution in [0.1, 0.15) is 30.7 Å². The Morgan fingerprint density at radius 1 is 1.28 bits per heavy atom. The number of fused-ring (bicyclic) bond motifs is 2. The molecule has 0 amide bonds. The number of aryl methyl sites for hydroxylation is 1. The van der Waals surface area contributed by atoms with Crippen molar-refractivity contribution >= 4 is 0 Å². The molecule has 2 fully saturated rings. The molecule has 2 heterocycles. The summed E-state index contributed by atoms with van der Waals surface area (Å²) in [4.78, 5) is 6.99. The number of aromatic nitrogens is 2. The van der Waals surface area contributed by atoms with Crippen LogP contribution in [0.15, 0.2) is 36.7 Å². The van der Waals surface area contributed by atoms with E-state index in [0.29, 0.717) is 0 Å². The first kappa shape index (κ1) is 16.6. The Labute approximate surface area is 149 Å². The minimum atomic E-state index is -0.790. The molecule has 0 spiro atoms. The van der Waals surface area contributed by atoms with Gasteiger partial charge in [-0.15, -0.1) is 0 Å². The van der Waals surface area contributed by atoms with Gasteiger partial charge in [-0.1, -0.05) is 18.6 Å². The summed E-state index contributed by atoms with van der Waals surface area (Å²) in [6, 6.07) is 8.28. The molecule has 1 aliphatic carbocycles. The highest BCUT2D eigenvalue weighted by Gasteiger charge is 2.53. The molecule has 4 rings (SSSR count). The van der Waals surface area contributed by atoms with Gasteiger partial charge in [-0.25, -0.2) is 4.98 Å². The average molecular weight is 341 g/mol. The van der Waals surface area contributed by atoms with Crippen molar-refractivity contribution in [3.63, 3.8) is 0 Å². The molecule has 1 saturated carbocycles. The SMILES string of the molecule is COc1cccc(CN2C[C@H]3CCC[C@H](C2)C3(O)c2nccn2C)c1. The van der Waals surface area contributed by atoms with Crippen molar-refractivity contribution in [3.8, 4) is 5.75 Å². The summed E-state index contributed by atoms with van der Waals surface area (Å²) in [6.07, 6.45) is 7.06. The highest BCUT2D eigenvalue weighted by molar-refractivity contribution is 5.28. The van der Waals surface area contributed by atoms with Gasteiger partial charge in [0.2, 0.25) is 0 Å². The monoisotopic (exact) mass is 341 g/mol. The largest absolute Gasteiger partial charge is 0.497 e. The second-order valence-corrected chi connectivity index (χ2v) is 7.56. The molecule has 0 radical (unpaired) electrons. The Morgan fingerprint density at radius 3 is 2.68 bits per heavy atom. The van der Waals surface area contributed by atoms with Gasteiger partial charge in [0.1, 0.15) is 17.2 Å². The Hall–Kier alpha value is -1.85. The molecular weight excluding hydrogens is 314 g/mol. The molecule has 2 atom stereocenters. The summed E-state index contributed by atoms with van der Waals surface area (Å²) in [5.74, 6) is 2.22. The van der Waals surface area contributed by atoms with E-state index in [2.05, 4.69) is 22.0 Å². The van der Waals surface area contributed by atoms with Crippen LogP contribution in [-0.2, 0) is 19.2 Å². The third kappa shape index (κ3) is 2.85. The van der Waals surface area contributed by atoms with E-state index in [0.717, 1.165) is 44.0 Å². The molecule has 5 nitrogen and oxygen atoms in total. The van der Waals surface area contributed by atoms with Gasteiger partial charge >= 0.3 is 0 Å². The molecule has 1 aromatic heterocycles. The Bertz CT molecular complexity index is 728. The Morgan fingerprint density at radius 2 is 2.04 bits per heavy atom. The molecule has 1 N–H and O–H groups in total. The smallest absolute Gasteiger partial charge is 0.141 e. The summed E-state index contributed by atoms with van der Waals surface area (Å²) in [7, 11) is 3.69. The van der Waals surface area contributed by atoms with Gasteiger partial charge in [0.05, 0.1) is 7.11 Å². The van der Waals surface area contributed by atoms with Gasteiger partial charge in [-0.3, -0.25) is 4.90 Å². The Kier molecular flexibility index (Phi) is 4.29. The maximum Gasteiger partial charge on any atom is 0.141 e. The number of benzene rings is 1. The molecule has 25 heavy (non-hydrogen) atoms. The summed E-state index contributed by atoms with van der Waals surface area (Å²) >= 11 is 0. The van der Waals surface area contributed by atoms with Crippen molar-refractivity contribution in [1.82, 2.24) is 14.5 Å². The van der Waals surface area contributed by atoms with Crippen molar-refractivity contribution in [3.05, 3.63) is 48.0 Å². The predicted molar refractivity (Wildman–Crippen MR) is 96.2 cm³/mol. The van der Waals surface area contributed by atoms with Crippen molar-refractivity contribution in [2.45, 2.75) is 31.4 Å². The van der Waals surface area contributed by atoms with E-state index in [1.54, 1.807) is 13.3 Å². The third-order valence-corrected chi connectivity index (χ3v) is 6.03. The van der Waals surface area contributed by atoms with E-state index in [1.807, 2.05) is 29.9 Å². The van der Waals surface area contributed by atoms with Gasteiger partial charge in [0, 0.05) is 50.9 Å². The second kappa shape index (κ2) is 6.46. The number of piperidine rings is 1. The highest BCUT2D eigenvalue weighted by atomic mass is 16.5. The zero-order chi connectivity index (χ0) is 17.4. The van der Waals surface area contributed by atoms with Crippen molar-refractivity contribution in [1.29, 1.82) is 0 Å². The molecule has 2 bridgehead atoms. The fraction of sp³-hybridized carbons (Fsp3) is 0.550. The van der Waals surface area contributed by atoms with Crippen LogP contribution in [0, 0.1) is 11.8 Å². The van der Waals surface area contributed by atoms with Gasteiger partial charge in [-0.2, -0.15) is 0 Å². The van der Waals surface area contributed by atoms with E-state index in [4.69, 9.17) is 4.74 Å². The molecule has 2 aliphatic rings. The van der Waals surface area contributed by atoms with Gasteiger partial charge in [-0.05, 0) is 30.5 Å². The van der Waals surface area contributed by atoms with Crippen LogP contribution in [0.2, 0.25) is 0 Å². The number of rotatable bonds is 4. The van der Waals surface area contributed by atoms with Crippen LogP contribution in [0.25, 0.3) is 0 Å². The molecule has 134 valence electrons. The van der Waals surface area contributed by atoms with Crippen LogP contribution in [0.4, 0.5) is 0 Å². The van der Waals surface area contributed by atoms with Crippen LogP contribution < -0.4 is 4.74 Å². The highest BCUT2D eigenvalue weighted by Crippen LogP contribution is 2.48. The maximum atomic E-state index is 11.6. The molecule has 1 aromatic carbocycles. The summed E-state index contributed by atoms with van der Waals surface area (Å²) < 4.78 is 7.33. The standard InChI is InChI=1S/C20H27N3O2/c1-22-10-9-21-19(22)20(24)16-6-4-7-17(20)14-23(13-16)12-15-5-3-8-18(11-15)25-2/h3,5,8-11,16-17,24H,4,6-7,12-14H2,1-2H3/t16-,17-/m1/s1.